The van der Waals surface area contributed by atoms with Crippen LogP contribution < -0.4 is 10.1 Å². The van der Waals surface area contributed by atoms with Crippen molar-refractivity contribution >= 4 is 29.4 Å². The largest absolute Gasteiger partial charge is 0.479 e. The Morgan fingerprint density at radius 1 is 1.31 bits per heavy atom. The first-order valence-corrected chi connectivity index (χ1v) is 11.2. The lowest BCUT2D eigenvalue weighted by Gasteiger charge is -2.15. The minimum atomic E-state index is -1.05. The molecule has 3 aromatic rings. The number of pyridine rings is 1. The fraction of sp³-hybridized carbons (Fsp3) is 0.292. The molecule has 2 atom stereocenters. The molecule has 1 fully saturated rings. The Balaban J connectivity index is 1.48. The molecule has 0 spiro atoms. The Hall–Kier alpha value is -4.10. The van der Waals surface area contributed by atoms with E-state index in [4.69, 9.17) is 25.6 Å². The number of ether oxygens (including phenoxy) is 2. The Labute approximate surface area is 205 Å². The third-order valence-corrected chi connectivity index (χ3v) is 5.78. The van der Waals surface area contributed by atoms with Crippen LogP contribution >= 0.6 is 11.6 Å². The predicted molar refractivity (Wildman–Crippen MR) is 124 cm³/mol. The van der Waals surface area contributed by atoms with Crippen molar-refractivity contribution in [3.05, 3.63) is 58.9 Å². The Kier molecular flexibility index (Phi) is 7.17. The van der Waals surface area contributed by atoms with E-state index in [0.29, 0.717) is 28.5 Å². The topological polar surface area (TPSA) is 148 Å². The molecule has 2 aromatic heterocycles. The maximum atomic E-state index is 12.5. The maximum Gasteiger partial charge on any atom is 0.412 e. The molecule has 0 saturated heterocycles. The number of nitrogens with one attached hydrogen (secondary N) is 1. The minimum absolute atomic E-state index is 0.0106. The van der Waals surface area contributed by atoms with Gasteiger partial charge in [0, 0.05) is 28.4 Å². The van der Waals surface area contributed by atoms with Crippen molar-refractivity contribution in [2.45, 2.75) is 38.4 Å². The molecular weight excluding hydrogens is 476 g/mol. The summed E-state index contributed by atoms with van der Waals surface area (Å²) in [5.41, 5.74) is 0.862. The van der Waals surface area contributed by atoms with Gasteiger partial charge in [-0.15, -0.1) is 0 Å². The van der Waals surface area contributed by atoms with Crippen molar-refractivity contribution < 1.29 is 28.7 Å². The Bertz CT molecular complexity index is 1270. The number of nitrogens with zero attached hydrogens (tertiary/aromatic N) is 3. The Morgan fingerprint density at radius 3 is 2.71 bits per heavy atom. The van der Waals surface area contributed by atoms with E-state index in [1.807, 2.05) is 6.07 Å². The van der Waals surface area contributed by atoms with Gasteiger partial charge in [0.15, 0.2) is 11.9 Å². The molecule has 1 aliphatic carbocycles. The van der Waals surface area contributed by atoms with Gasteiger partial charge in [-0.2, -0.15) is 5.26 Å². The standard InChI is InChI=1S/C24H21ClN4O6/c1-13(16-4-2-3-5-17(16)25)33-24(32)28-21-18(11-26)29-35-22(21)15-8-9-20(27-12-15)34-19(23(30)31)10-14-6-7-14/h2-5,8-9,12-14,19H,6-7,10H2,1H3,(H,28,32)(H,30,31). The lowest BCUT2D eigenvalue weighted by atomic mass is 10.1. The summed E-state index contributed by atoms with van der Waals surface area (Å²) in [7, 11) is 0. The monoisotopic (exact) mass is 496 g/mol. The number of carbonyl (C=O) groups excluding carboxylic acids is 1. The molecule has 0 radical (unpaired) electrons. The highest BCUT2D eigenvalue weighted by Gasteiger charge is 2.31. The minimum Gasteiger partial charge on any atom is -0.479 e. The second-order valence-electron chi connectivity index (χ2n) is 8.05. The average Bonchev–Trinajstić information content (AvgIpc) is 3.57. The molecule has 0 aliphatic heterocycles. The zero-order valence-corrected chi connectivity index (χ0v) is 19.4. The highest BCUT2D eigenvalue weighted by molar-refractivity contribution is 6.31. The lowest BCUT2D eigenvalue weighted by molar-refractivity contribution is -0.145. The predicted octanol–water partition coefficient (Wildman–Crippen LogP) is 5.20. The van der Waals surface area contributed by atoms with Crippen molar-refractivity contribution in [1.82, 2.24) is 10.1 Å². The van der Waals surface area contributed by atoms with Crippen molar-refractivity contribution in [3.63, 3.8) is 0 Å². The molecule has 35 heavy (non-hydrogen) atoms. The molecular formula is C24H21ClN4O6. The van der Waals surface area contributed by atoms with E-state index in [0.717, 1.165) is 12.8 Å². The van der Waals surface area contributed by atoms with E-state index in [9.17, 15) is 20.0 Å². The zero-order chi connectivity index (χ0) is 24.9. The second-order valence-corrected chi connectivity index (χ2v) is 8.46. The van der Waals surface area contributed by atoms with Crippen LogP contribution in [0.1, 0.15) is 43.5 Å². The van der Waals surface area contributed by atoms with E-state index in [-0.39, 0.29) is 23.0 Å². The van der Waals surface area contributed by atoms with E-state index in [2.05, 4.69) is 15.5 Å². The van der Waals surface area contributed by atoms with Crippen molar-refractivity contribution in [2.75, 3.05) is 5.32 Å². The third kappa shape index (κ3) is 5.88. The fourth-order valence-corrected chi connectivity index (χ4v) is 3.71. The summed E-state index contributed by atoms with van der Waals surface area (Å²) in [6.45, 7) is 1.66. The van der Waals surface area contributed by atoms with E-state index in [1.54, 1.807) is 37.3 Å². The molecule has 4 rings (SSSR count). The van der Waals surface area contributed by atoms with Crippen LogP contribution in [0.3, 0.4) is 0 Å². The van der Waals surface area contributed by atoms with Crippen molar-refractivity contribution in [3.8, 4) is 23.3 Å². The van der Waals surface area contributed by atoms with Gasteiger partial charge in [-0.1, -0.05) is 47.8 Å². The molecule has 10 nitrogen and oxygen atoms in total. The first-order valence-electron chi connectivity index (χ1n) is 10.8. The van der Waals surface area contributed by atoms with Gasteiger partial charge in [-0.3, -0.25) is 5.32 Å². The SMILES string of the molecule is CC(OC(=O)Nc1c(C#N)noc1-c1ccc(OC(CC2CC2)C(=O)O)nc1)c1ccccc1Cl. The molecule has 1 aromatic carbocycles. The average molecular weight is 497 g/mol. The van der Waals surface area contributed by atoms with Gasteiger partial charge in [0.1, 0.15) is 17.9 Å². The second kappa shape index (κ2) is 10.4. The van der Waals surface area contributed by atoms with Gasteiger partial charge in [0.25, 0.3) is 0 Å². The number of amides is 1. The summed E-state index contributed by atoms with van der Waals surface area (Å²) in [4.78, 5) is 28.1. The van der Waals surface area contributed by atoms with Crippen LogP contribution in [0.15, 0.2) is 47.1 Å². The molecule has 2 heterocycles. The number of carboxylic acid groups (broad SMARTS) is 1. The van der Waals surface area contributed by atoms with E-state index >= 15 is 0 Å². The number of halogens is 1. The maximum absolute atomic E-state index is 12.5. The molecule has 2 unspecified atom stereocenters. The van der Waals surface area contributed by atoms with Crippen LogP contribution in [0.2, 0.25) is 5.02 Å². The molecule has 0 bridgehead atoms. The van der Waals surface area contributed by atoms with Crippen LogP contribution in [0, 0.1) is 17.2 Å². The molecule has 2 N–H and O–H groups in total. The highest BCUT2D eigenvalue weighted by Crippen LogP contribution is 2.35. The zero-order valence-electron chi connectivity index (χ0n) is 18.6. The Morgan fingerprint density at radius 2 is 2.09 bits per heavy atom. The van der Waals surface area contributed by atoms with Gasteiger partial charge in [0.05, 0.1) is 0 Å². The van der Waals surface area contributed by atoms with Crippen LogP contribution in [0.25, 0.3) is 11.3 Å². The molecule has 180 valence electrons. The number of rotatable bonds is 9. The number of nitriles is 1. The summed E-state index contributed by atoms with van der Waals surface area (Å²) in [6, 6.07) is 11.9. The summed E-state index contributed by atoms with van der Waals surface area (Å²) >= 11 is 6.16. The number of benzene rings is 1. The number of carboxylic acids is 1. The summed E-state index contributed by atoms with van der Waals surface area (Å²) in [5.74, 6) is -0.476. The molecule has 1 saturated carbocycles. The summed E-state index contributed by atoms with van der Waals surface area (Å²) in [5, 5.41) is 25.4. The third-order valence-electron chi connectivity index (χ3n) is 5.43. The number of anilines is 1. The molecule has 11 heteroatoms. The lowest BCUT2D eigenvalue weighted by Crippen LogP contribution is -2.27. The molecule has 1 aliphatic rings. The quantitative estimate of drug-likeness (QED) is 0.407. The smallest absolute Gasteiger partial charge is 0.412 e. The number of carbonyl (C=O) groups is 2. The van der Waals surface area contributed by atoms with E-state index < -0.39 is 24.3 Å². The van der Waals surface area contributed by atoms with Gasteiger partial charge >= 0.3 is 12.1 Å². The number of hydrogen-bond acceptors (Lipinski definition) is 8. The number of aromatic nitrogens is 2. The fourth-order valence-electron chi connectivity index (χ4n) is 3.43. The normalized spacial score (nSPS) is 14.4. The number of aliphatic carboxylic acids is 1. The van der Waals surface area contributed by atoms with Gasteiger partial charge < -0.3 is 19.1 Å². The van der Waals surface area contributed by atoms with Crippen molar-refractivity contribution in [2.24, 2.45) is 5.92 Å². The first-order chi connectivity index (χ1) is 16.9. The van der Waals surface area contributed by atoms with Gasteiger partial charge in [0.2, 0.25) is 11.6 Å². The van der Waals surface area contributed by atoms with Crippen LogP contribution in [-0.4, -0.2) is 33.4 Å². The van der Waals surface area contributed by atoms with E-state index in [1.165, 1.54) is 12.3 Å². The van der Waals surface area contributed by atoms with Gasteiger partial charge in [-0.25, -0.2) is 14.6 Å². The number of hydrogen-bond donors (Lipinski definition) is 2. The van der Waals surface area contributed by atoms with Crippen molar-refractivity contribution in [1.29, 1.82) is 5.26 Å². The summed E-state index contributed by atoms with van der Waals surface area (Å²) < 4.78 is 16.2. The highest BCUT2D eigenvalue weighted by atomic mass is 35.5. The first kappa shape index (κ1) is 24.0. The van der Waals surface area contributed by atoms with Crippen LogP contribution in [-0.2, 0) is 9.53 Å². The summed E-state index contributed by atoms with van der Waals surface area (Å²) in [6.07, 6.45) is 1.32. The van der Waals surface area contributed by atoms with Crippen LogP contribution in [0.4, 0.5) is 10.5 Å². The van der Waals surface area contributed by atoms with Gasteiger partial charge in [-0.05, 0) is 31.4 Å². The van der Waals surface area contributed by atoms with Crippen LogP contribution in [0.5, 0.6) is 5.88 Å². The molecule has 1 amide bonds.